The Hall–Kier alpha value is -7.42. The number of nitrogens with zero attached hydrogens (tertiary/aromatic N) is 1. The van der Waals surface area contributed by atoms with Crippen molar-refractivity contribution in [2.24, 2.45) is 0 Å². The predicted molar refractivity (Wildman–Crippen MR) is 248 cm³/mol. The van der Waals surface area contributed by atoms with Gasteiger partial charge in [-0.1, -0.05) is 166 Å². The van der Waals surface area contributed by atoms with E-state index in [1.165, 1.54) is 55.6 Å². The van der Waals surface area contributed by atoms with Crippen LogP contribution < -0.4 is 4.90 Å². The highest BCUT2D eigenvalue weighted by atomic mass is 16.3. The van der Waals surface area contributed by atoms with Crippen molar-refractivity contribution in [3.63, 3.8) is 0 Å². The summed E-state index contributed by atoms with van der Waals surface area (Å²) in [5, 5.41) is 2.27. The van der Waals surface area contributed by atoms with Crippen molar-refractivity contribution in [1.29, 1.82) is 0 Å². The van der Waals surface area contributed by atoms with E-state index in [0.717, 1.165) is 50.1 Å². The summed E-state index contributed by atoms with van der Waals surface area (Å²) in [5.74, 6) is 0. The van der Waals surface area contributed by atoms with Gasteiger partial charge in [0.2, 0.25) is 0 Å². The Morgan fingerprint density at radius 1 is 0.339 bits per heavy atom. The van der Waals surface area contributed by atoms with Crippen LogP contribution in [-0.2, 0) is 5.41 Å². The molecule has 0 amide bonds. The van der Waals surface area contributed by atoms with Crippen LogP contribution in [0.5, 0.6) is 0 Å². The van der Waals surface area contributed by atoms with Crippen LogP contribution in [0.4, 0.5) is 17.1 Å². The summed E-state index contributed by atoms with van der Waals surface area (Å²) in [6, 6.07) is 77.0. The summed E-state index contributed by atoms with van der Waals surface area (Å²) >= 11 is 0. The third kappa shape index (κ3) is 5.96. The molecule has 0 unspecified atom stereocenters. The number of para-hydroxylation sites is 1. The Balaban J connectivity index is 1.08. The number of benzene rings is 9. The maximum absolute atomic E-state index is 6.16. The summed E-state index contributed by atoms with van der Waals surface area (Å²) in [6.07, 6.45) is 0. The van der Waals surface area contributed by atoms with Crippen LogP contribution in [0.15, 0.2) is 217 Å². The van der Waals surface area contributed by atoms with E-state index in [1.807, 2.05) is 12.1 Å². The third-order valence-corrected chi connectivity index (χ3v) is 12.3. The Morgan fingerprint density at radius 3 is 1.58 bits per heavy atom. The molecule has 0 aliphatic heterocycles. The van der Waals surface area contributed by atoms with Crippen molar-refractivity contribution >= 4 is 39.0 Å². The first kappa shape index (κ1) is 34.8. The molecule has 0 atom stereocenters. The molecule has 11 rings (SSSR count). The van der Waals surface area contributed by atoms with Crippen molar-refractivity contribution in [3.8, 4) is 55.6 Å². The van der Waals surface area contributed by atoms with Gasteiger partial charge in [0.25, 0.3) is 0 Å². The fraction of sp³-hybridized carbons (Fsp3) is 0.0526. The van der Waals surface area contributed by atoms with Gasteiger partial charge in [-0.25, -0.2) is 0 Å². The molecular formula is C57H41NO. The van der Waals surface area contributed by atoms with Crippen molar-refractivity contribution in [1.82, 2.24) is 0 Å². The van der Waals surface area contributed by atoms with Crippen LogP contribution in [0.2, 0.25) is 0 Å². The number of rotatable bonds is 7. The first-order valence-electron chi connectivity index (χ1n) is 20.4. The van der Waals surface area contributed by atoms with E-state index in [4.69, 9.17) is 4.42 Å². The van der Waals surface area contributed by atoms with Gasteiger partial charge in [0.1, 0.15) is 11.2 Å². The van der Waals surface area contributed by atoms with Crippen molar-refractivity contribution < 1.29 is 4.42 Å². The van der Waals surface area contributed by atoms with Crippen LogP contribution in [0.25, 0.3) is 77.6 Å². The summed E-state index contributed by atoms with van der Waals surface area (Å²) in [5.41, 5.74) is 19.8. The van der Waals surface area contributed by atoms with Crippen LogP contribution in [0.1, 0.15) is 25.0 Å². The minimum Gasteiger partial charge on any atom is -0.456 e. The molecule has 59 heavy (non-hydrogen) atoms. The van der Waals surface area contributed by atoms with Crippen LogP contribution in [0.3, 0.4) is 0 Å². The second kappa shape index (κ2) is 13.9. The smallest absolute Gasteiger partial charge is 0.135 e. The molecule has 2 heteroatoms. The fourth-order valence-electron chi connectivity index (χ4n) is 9.21. The average molecular weight is 756 g/mol. The van der Waals surface area contributed by atoms with Gasteiger partial charge < -0.3 is 9.32 Å². The predicted octanol–water partition coefficient (Wildman–Crippen LogP) is 16.0. The van der Waals surface area contributed by atoms with Gasteiger partial charge in [-0.3, -0.25) is 0 Å². The Labute approximate surface area is 345 Å². The molecule has 1 aliphatic carbocycles. The van der Waals surface area contributed by atoms with Crippen LogP contribution in [0, 0.1) is 0 Å². The highest BCUT2D eigenvalue weighted by Gasteiger charge is 2.35. The molecule has 280 valence electrons. The first-order chi connectivity index (χ1) is 29.0. The minimum absolute atomic E-state index is 0.117. The van der Waals surface area contributed by atoms with E-state index in [9.17, 15) is 0 Å². The molecule has 0 bridgehead atoms. The molecule has 0 saturated carbocycles. The Bertz CT molecular complexity index is 3160. The molecule has 0 N–H and O–H groups in total. The minimum atomic E-state index is -0.117. The van der Waals surface area contributed by atoms with E-state index in [0.29, 0.717) is 0 Å². The molecular weight excluding hydrogens is 715 g/mol. The SMILES string of the molecule is CC1(C)c2ccccc2-c2ccc(-c3cc(-c4ccccc4)ccc3N(c3ccc(-c4ccccc4)cc3)c3ccc(-c4ccc5oc6ccccc6c5c4)cc3)cc21. The van der Waals surface area contributed by atoms with Crippen LogP contribution >= 0.6 is 0 Å². The van der Waals surface area contributed by atoms with Crippen molar-refractivity contribution in [2.75, 3.05) is 4.90 Å². The second-order valence-corrected chi connectivity index (χ2v) is 16.1. The zero-order valence-electron chi connectivity index (χ0n) is 33.1. The molecule has 9 aromatic carbocycles. The van der Waals surface area contributed by atoms with E-state index >= 15 is 0 Å². The molecule has 0 fully saturated rings. The van der Waals surface area contributed by atoms with E-state index < -0.39 is 0 Å². The second-order valence-electron chi connectivity index (χ2n) is 16.1. The van der Waals surface area contributed by atoms with Gasteiger partial charge in [-0.05, 0) is 122 Å². The normalized spacial score (nSPS) is 12.7. The van der Waals surface area contributed by atoms with Crippen molar-refractivity contribution in [3.05, 3.63) is 223 Å². The number of fused-ring (bicyclic) bond motifs is 6. The molecule has 1 aliphatic rings. The maximum atomic E-state index is 6.16. The van der Waals surface area contributed by atoms with E-state index in [1.54, 1.807) is 0 Å². The highest BCUT2D eigenvalue weighted by Crippen LogP contribution is 2.51. The Morgan fingerprint density at radius 2 is 0.847 bits per heavy atom. The number of hydrogen-bond donors (Lipinski definition) is 0. The molecule has 0 radical (unpaired) electrons. The standard InChI is InChI=1S/C57H41NO/c1-57(2)52-19-11-9-17-47(52)48-32-25-44(37-53(48)57)50-35-42(39-15-7-4-8-16-39)26-33-54(50)58(45-28-21-40(22-29-45)38-13-5-3-6-14-38)46-30-23-41(24-31-46)43-27-34-56-51(36-43)49-18-10-12-20-55(49)59-56/h3-37H,1-2H3. The third-order valence-electron chi connectivity index (χ3n) is 12.3. The lowest BCUT2D eigenvalue weighted by atomic mass is 9.81. The maximum Gasteiger partial charge on any atom is 0.135 e. The number of anilines is 3. The van der Waals surface area contributed by atoms with E-state index in [2.05, 4.69) is 219 Å². The molecule has 0 spiro atoms. The summed E-state index contributed by atoms with van der Waals surface area (Å²) in [7, 11) is 0. The largest absolute Gasteiger partial charge is 0.456 e. The lowest BCUT2D eigenvalue weighted by molar-refractivity contribution is 0.660. The summed E-state index contributed by atoms with van der Waals surface area (Å²) < 4.78 is 6.16. The monoisotopic (exact) mass is 755 g/mol. The quantitative estimate of drug-likeness (QED) is 0.161. The van der Waals surface area contributed by atoms with Gasteiger partial charge in [-0.15, -0.1) is 0 Å². The number of hydrogen-bond acceptors (Lipinski definition) is 2. The zero-order valence-corrected chi connectivity index (χ0v) is 33.1. The number of furan rings is 1. The molecule has 0 saturated heterocycles. The van der Waals surface area contributed by atoms with Gasteiger partial charge in [0.05, 0.1) is 5.69 Å². The molecule has 2 nitrogen and oxygen atoms in total. The highest BCUT2D eigenvalue weighted by molar-refractivity contribution is 6.06. The topological polar surface area (TPSA) is 16.4 Å². The lowest BCUT2D eigenvalue weighted by Gasteiger charge is -2.29. The zero-order chi connectivity index (χ0) is 39.5. The van der Waals surface area contributed by atoms with E-state index in [-0.39, 0.29) is 5.41 Å². The lowest BCUT2D eigenvalue weighted by Crippen LogP contribution is -2.15. The molecule has 1 aromatic heterocycles. The molecule has 1 heterocycles. The Kier molecular flexibility index (Phi) is 8.20. The molecule has 10 aromatic rings. The fourth-order valence-corrected chi connectivity index (χ4v) is 9.21. The summed E-state index contributed by atoms with van der Waals surface area (Å²) in [6.45, 7) is 4.72. The van der Waals surface area contributed by atoms with Crippen LogP contribution in [-0.4, -0.2) is 0 Å². The van der Waals surface area contributed by atoms with Gasteiger partial charge >= 0.3 is 0 Å². The average Bonchev–Trinajstić information content (AvgIpc) is 3.78. The van der Waals surface area contributed by atoms with Gasteiger partial charge in [-0.2, -0.15) is 0 Å². The first-order valence-corrected chi connectivity index (χ1v) is 20.4. The van der Waals surface area contributed by atoms with Gasteiger partial charge in [0, 0.05) is 33.1 Å². The van der Waals surface area contributed by atoms with Gasteiger partial charge in [0.15, 0.2) is 0 Å². The summed E-state index contributed by atoms with van der Waals surface area (Å²) in [4.78, 5) is 2.42. The van der Waals surface area contributed by atoms with Crippen molar-refractivity contribution in [2.45, 2.75) is 19.3 Å².